The van der Waals surface area contributed by atoms with Gasteiger partial charge >= 0.3 is 5.69 Å². The highest BCUT2D eigenvalue weighted by molar-refractivity contribution is 7.04. The molecule has 1 saturated carbocycles. The Morgan fingerprint density at radius 3 is 2.83 bits per heavy atom. The van der Waals surface area contributed by atoms with Crippen molar-refractivity contribution in [1.82, 2.24) is 13.5 Å². The lowest BCUT2D eigenvalue weighted by molar-refractivity contribution is -0.118. The number of fused-ring (bicyclic) bond motifs is 1. The number of hydrogen-bond donors (Lipinski definition) is 1. The fraction of sp³-hybridized carbons (Fsp3) is 0.400. The summed E-state index contributed by atoms with van der Waals surface area (Å²) in [6.45, 7) is -0.235. The highest BCUT2D eigenvalue weighted by Gasteiger charge is 2.29. The zero-order chi connectivity index (χ0) is 12.9. The summed E-state index contributed by atoms with van der Waals surface area (Å²) in [5.41, 5.74) is 4.89. The number of aromatic nitrogens is 3. The van der Waals surface area contributed by atoms with Crippen LogP contribution in [-0.2, 0) is 11.3 Å². The highest BCUT2D eigenvalue weighted by Crippen LogP contribution is 2.32. The van der Waals surface area contributed by atoms with E-state index in [2.05, 4.69) is 4.37 Å². The third-order valence-corrected chi connectivity index (χ3v) is 3.54. The van der Waals surface area contributed by atoms with Crippen LogP contribution in [0.3, 0.4) is 0 Å². The first-order valence-corrected chi connectivity index (χ1v) is 6.31. The largest absolute Gasteiger partial charge is 0.368 e. The molecule has 0 spiro atoms. The summed E-state index contributed by atoms with van der Waals surface area (Å²) in [6.07, 6.45) is 1.61. The molecule has 0 saturated heterocycles. The van der Waals surface area contributed by atoms with Crippen molar-refractivity contribution in [3.8, 4) is 0 Å². The maximum atomic E-state index is 12.2. The van der Waals surface area contributed by atoms with Crippen LogP contribution in [0.2, 0.25) is 0 Å². The maximum Gasteiger partial charge on any atom is 0.332 e. The van der Waals surface area contributed by atoms with Crippen LogP contribution < -0.4 is 17.0 Å². The van der Waals surface area contributed by atoms with Gasteiger partial charge < -0.3 is 5.73 Å². The van der Waals surface area contributed by atoms with Crippen molar-refractivity contribution in [2.75, 3.05) is 0 Å². The average Bonchev–Trinajstić information content (AvgIpc) is 3.01. The van der Waals surface area contributed by atoms with Gasteiger partial charge in [0.1, 0.15) is 6.54 Å². The number of hydrogen-bond acceptors (Lipinski definition) is 5. The van der Waals surface area contributed by atoms with Gasteiger partial charge in [0.25, 0.3) is 5.56 Å². The third-order valence-electron chi connectivity index (χ3n) is 2.93. The van der Waals surface area contributed by atoms with Gasteiger partial charge in [-0.05, 0) is 24.4 Å². The zero-order valence-corrected chi connectivity index (χ0v) is 10.1. The van der Waals surface area contributed by atoms with Crippen LogP contribution in [0.5, 0.6) is 0 Å². The molecule has 0 bridgehead atoms. The van der Waals surface area contributed by atoms with Gasteiger partial charge in [-0.3, -0.25) is 18.7 Å². The second-order valence-corrected chi connectivity index (χ2v) is 4.92. The molecule has 3 rings (SSSR count). The Hall–Kier alpha value is -1.96. The minimum absolute atomic E-state index is 0.0600. The normalized spacial score (nSPS) is 15.1. The van der Waals surface area contributed by atoms with Gasteiger partial charge in [-0.15, -0.1) is 0 Å². The van der Waals surface area contributed by atoms with Crippen molar-refractivity contribution < 1.29 is 4.79 Å². The van der Waals surface area contributed by atoms with Crippen LogP contribution >= 0.6 is 11.5 Å². The Bertz CT molecular complexity index is 753. The Morgan fingerprint density at radius 1 is 1.50 bits per heavy atom. The van der Waals surface area contributed by atoms with E-state index in [1.54, 1.807) is 5.38 Å². The Labute approximate surface area is 105 Å². The quantitative estimate of drug-likeness (QED) is 0.804. The second kappa shape index (κ2) is 3.77. The smallest absolute Gasteiger partial charge is 0.332 e. The lowest BCUT2D eigenvalue weighted by Gasteiger charge is -2.08. The molecule has 1 aliphatic rings. The standard InChI is InChI=1S/C10H10N4O3S/c11-7(15)3-13-6-4-18-12-8(6)9(16)14(10(13)17)5-1-2-5/h4-5H,1-3H2,(H2,11,15). The van der Waals surface area contributed by atoms with Crippen LogP contribution in [0.1, 0.15) is 18.9 Å². The van der Waals surface area contributed by atoms with Crippen LogP contribution in [0.4, 0.5) is 0 Å². The molecule has 2 heterocycles. The lowest BCUT2D eigenvalue weighted by Crippen LogP contribution is -2.41. The van der Waals surface area contributed by atoms with Gasteiger partial charge in [-0.25, -0.2) is 4.79 Å². The van der Waals surface area contributed by atoms with Crippen molar-refractivity contribution in [2.45, 2.75) is 25.4 Å². The Morgan fingerprint density at radius 2 is 2.22 bits per heavy atom. The minimum atomic E-state index is -0.620. The van der Waals surface area contributed by atoms with Gasteiger partial charge in [-0.1, -0.05) is 0 Å². The minimum Gasteiger partial charge on any atom is -0.368 e. The predicted molar refractivity (Wildman–Crippen MR) is 65.6 cm³/mol. The Kier molecular flexibility index (Phi) is 2.34. The van der Waals surface area contributed by atoms with Gasteiger partial charge in [-0.2, -0.15) is 4.37 Å². The number of amides is 1. The maximum absolute atomic E-state index is 12.2. The zero-order valence-electron chi connectivity index (χ0n) is 9.33. The van der Waals surface area contributed by atoms with Crippen LogP contribution in [0.25, 0.3) is 11.0 Å². The molecular formula is C10H10N4O3S. The van der Waals surface area contributed by atoms with E-state index in [9.17, 15) is 14.4 Å². The summed E-state index contributed by atoms with van der Waals surface area (Å²) in [5.74, 6) is -0.620. The number of nitrogens with zero attached hydrogens (tertiary/aromatic N) is 3. The summed E-state index contributed by atoms with van der Waals surface area (Å²) in [7, 11) is 0. The molecular weight excluding hydrogens is 256 g/mol. The van der Waals surface area contributed by atoms with Crippen molar-refractivity contribution in [3.05, 3.63) is 26.2 Å². The summed E-state index contributed by atoms with van der Waals surface area (Å²) in [6, 6.07) is -0.0600. The lowest BCUT2D eigenvalue weighted by atomic mass is 10.4. The summed E-state index contributed by atoms with van der Waals surface area (Å²) in [5, 5.41) is 1.58. The topological polar surface area (TPSA) is 100.0 Å². The molecule has 2 aromatic rings. The molecule has 0 radical (unpaired) electrons. The number of nitrogens with two attached hydrogens (primary N) is 1. The molecule has 0 atom stereocenters. The van der Waals surface area contributed by atoms with Crippen molar-refractivity contribution >= 4 is 28.5 Å². The van der Waals surface area contributed by atoms with E-state index in [0.29, 0.717) is 5.52 Å². The van der Waals surface area contributed by atoms with E-state index in [0.717, 1.165) is 24.4 Å². The molecule has 0 aromatic carbocycles. The van der Waals surface area contributed by atoms with Crippen LogP contribution in [-0.4, -0.2) is 19.4 Å². The number of rotatable bonds is 3. The number of carbonyl (C=O) groups is 1. The molecule has 2 N–H and O–H groups in total. The van der Waals surface area contributed by atoms with Gasteiger partial charge in [0.2, 0.25) is 5.91 Å². The molecule has 8 heteroatoms. The van der Waals surface area contributed by atoms with Crippen LogP contribution in [0.15, 0.2) is 15.0 Å². The Balaban J connectivity index is 2.38. The van der Waals surface area contributed by atoms with E-state index in [1.165, 1.54) is 9.13 Å². The van der Waals surface area contributed by atoms with Crippen molar-refractivity contribution in [2.24, 2.45) is 5.73 Å². The highest BCUT2D eigenvalue weighted by atomic mass is 32.1. The van der Waals surface area contributed by atoms with Crippen molar-refractivity contribution in [1.29, 1.82) is 0 Å². The predicted octanol–water partition coefficient (Wildman–Crippen LogP) is -0.560. The van der Waals surface area contributed by atoms with E-state index in [1.807, 2.05) is 0 Å². The first-order chi connectivity index (χ1) is 8.59. The second-order valence-electron chi connectivity index (χ2n) is 4.29. The van der Waals surface area contributed by atoms with E-state index in [-0.39, 0.29) is 23.7 Å². The van der Waals surface area contributed by atoms with Gasteiger partial charge in [0.05, 0.1) is 5.52 Å². The molecule has 0 aliphatic heterocycles. The van der Waals surface area contributed by atoms with E-state index < -0.39 is 11.6 Å². The monoisotopic (exact) mass is 266 g/mol. The molecule has 0 unspecified atom stereocenters. The summed E-state index contributed by atoms with van der Waals surface area (Å²) >= 11 is 1.08. The van der Waals surface area contributed by atoms with E-state index >= 15 is 0 Å². The van der Waals surface area contributed by atoms with Crippen LogP contribution in [0, 0.1) is 0 Å². The van der Waals surface area contributed by atoms with Gasteiger partial charge in [0, 0.05) is 11.4 Å². The molecule has 1 amide bonds. The van der Waals surface area contributed by atoms with Gasteiger partial charge in [0.15, 0.2) is 5.52 Å². The van der Waals surface area contributed by atoms with E-state index in [4.69, 9.17) is 5.73 Å². The molecule has 18 heavy (non-hydrogen) atoms. The summed E-state index contributed by atoms with van der Waals surface area (Å²) in [4.78, 5) is 35.3. The molecule has 1 fully saturated rings. The fourth-order valence-corrected chi connectivity index (χ4v) is 2.64. The number of carbonyl (C=O) groups excluding carboxylic acids is 1. The molecule has 1 aliphatic carbocycles. The fourth-order valence-electron chi connectivity index (χ4n) is 1.97. The molecule has 2 aromatic heterocycles. The summed E-state index contributed by atoms with van der Waals surface area (Å²) < 4.78 is 6.40. The average molecular weight is 266 g/mol. The third kappa shape index (κ3) is 1.57. The first kappa shape index (κ1) is 11.1. The first-order valence-electron chi connectivity index (χ1n) is 5.47. The molecule has 7 nitrogen and oxygen atoms in total. The SMILES string of the molecule is NC(=O)Cn1c(=O)n(C2CC2)c(=O)c2nscc21. The molecule has 94 valence electrons. The van der Waals surface area contributed by atoms with Crippen molar-refractivity contribution in [3.63, 3.8) is 0 Å². The number of primary amides is 1.